The number of benzene rings is 1. The third-order valence-electron chi connectivity index (χ3n) is 3.75. The van der Waals surface area contributed by atoms with Gasteiger partial charge in [0, 0.05) is 31.9 Å². The molecule has 22 heavy (non-hydrogen) atoms. The topological polar surface area (TPSA) is 96.7 Å². The summed E-state index contributed by atoms with van der Waals surface area (Å²) in [6.07, 6.45) is 3.31. The molecule has 2 aromatic rings. The van der Waals surface area contributed by atoms with Gasteiger partial charge in [-0.2, -0.15) is 5.10 Å². The molecule has 0 spiro atoms. The largest absolute Gasteiger partial charge is 0.380 e. The molecule has 1 aromatic heterocycles. The van der Waals surface area contributed by atoms with Crippen LogP contribution in [0.2, 0.25) is 0 Å². The number of nitrogens with two attached hydrogens (primary N) is 2. The van der Waals surface area contributed by atoms with Gasteiger partial charge >= 0.3 is 0 Å². The van der Waals surface area contributed by atoms with Crippen molar-refractivity contribution in [3.05, 3.63) is 48.4 Å². The van der Waals surface area contributed by atoms with Crippen LogP contribution in [0.25, 0.3) is 0 Å². The molecule has 7 heteroatoms. The van der Waals surface area contributed by atoms with E-state index in [1.54, 1.807) is 12.4 Å². The van der Waals surface area contributed by atoms with E-state index in [2.05, 4.69) is 49.1 Å². The second-order valence-electron chi connectivity index (χ2n) is 5.09. The van der Waals surface area contributed by atoms with Crippen LogP contribution in [0.4, 0.5) is 11.5 Å². The number of piperazine rings is 1. The van der Waals surface area contributed by atoms with E-state index in [-0.39, 0.29) is 5.84 Å². The Balaban J connectivity index is 1.69. The lowest BCUT2D eigenvalue weighted by atomic mass is 10.2. The summed E-state index contributed by atoms with van der Waals surface area (Å²) in [5.74, 6) is 6.18. The van der Waals surface area contributed by atoms with Crippen LogP contribution >= 0.6 is 0 Å². The van der Waals surface area contributed by atoms with E-state index in [0.717, 1.165) is 32.0 Å². The van der Waals surface area contributed by atoms with Crippen molar-refractivity contribution < 1.29 is 0 Å². The Kier molecular flexibility index (Phi) is 4.04. The molecule has 1 fully saturated rings. The van der Waals surface area contributed by atoms with Crippen molar-refractivity contribution in [2.75, 3.05) is 36.0 Å². The zero-order chi connectivity index (χ0) is 15.4. The molecule has 1 aliphatic rings. The summed E-state index contributed by atoms with van der Waals surface area (Å²) in [4.78, 5) is 13.2. The summed E-state index contributed by atoms with van der Waals surface area (Å²) in [5, 5.41) is 3.46. The van der Waals surface area contributed by atoms with Crippen LogP contribution in [0.15, 0.2) is 47.8 Å². The monoisotopic (exact) mass is 297 g/mol. The molecule has 1 aliphatic heterocycles. The molecule has 0 unspecified atom stereocenters. The molecular weight excluding hydrogens is 278 g/mol. The van der Waals surface area contributed by atoms with E-state index in [4.69, 9.17) is 11.6 Å². The lowest BCUT2D eigenvalue weighted by molar-refractivity contribution is 0.646. The van der Waals surface area contributed by atoms with Gasteiger partial charge in [-0.3, -0.25) is 4.98 Å². The van der Waals surface area contributed by atoms with Crippen molar-refractivity contribution in [2.24, 2.45) is 16.7 Å². The number of hydrogen-bond acceptors (Lipinski definition) is 6. The summed E-state index contributed by atoms with van der Waals surface area (Å²) in [5.41, 5.74) is 7.44. The minimum Gasteiger partial charge on any atom is -0.380 e. The first-order valence-electron chi connectivity index (χ1n) is 7.18. The molecule has 0 atom stereocenters. The van der Waals surface area contributed by atoms with E-state index in [1.165, 1.54) is 5.69 Å². The second-order valence-corrected chi connectivity index (χ2v) is 5.09. The third-order valence-corrected chi connectivity index (χ3v) is 3.75. The highest BCUT2D eigenvalue weighted by Gasteiger charge is 2.19. The zero-order valence-corrected chi connectivity index (χ0v) is 12.3. The zero-order valence-electron chi connectivity index (χ0n) is 12.3. The fourth-order valence-electron chi connectivity index (χ4n) is 2.53. The van der Waals surface area contributed by atoms with Crippen LogP contribution < -0.4 is 21.4 Å². The summed E-state index contributed by atoms with van der Waals surface area (Å²) in [6.45, 7) is 3.65. The first kappa shape index (κ1) is 14.1. The number of amidine groups is 1. The Bertz CT molecular complexity index is 648. The summed E-state index contributed by atoms with van der Waals surface area (Å²) >= 11 is 0. The lowest BCUT2D eigenvalue weighted by Gasteiger charge is -2.36. The highest BCUT2D eigenvalue weighted by molar-refractivity contribution is 5.95. The van der Waals surface area contributed by atoms with Crippen molar-refractivity contribution in [1.29, 1.82) is 0 Å². The molecule has 7 nitrogen and oxygen atoms in total. The van der Waals surface area contributed by atoms with E-state index < -0.39 is 0 Å². The molecule has 0 aliphatic carbocycles. The average molecular weight is 297 g/mol. The Labute approximate surface area is 129 Å². The van der Waals surface area contributed by atoms with Gasteiger partial charge < -0.3 is 21.4 Å². The van der Waals surface area contributed by atoms with Crippen LogP contribution in [0.3, 0.4) is 0 Å². The van der Waals surface area contributed by atoms with E-state index in [1.807, 2.05) is 6.07 Å². The number of hydrazone groups is 1. The van der Waals surface area contributed by atoms with Crippen LogP contribution in [-0.4, -0.2) is 42.0 Å². The van der Waals surface area contributed by atoms with Gasteiger partial charge in [-0.25, -0.2) is 4.98 Å². The van der Waals surface area contributed by atoms with E-state index >= 15 is 0 Å². The van der Waals surface area contributed by atoms with Crippen molar-refractivity contribution in [1.82, 2.24) is 9.97 Å². The fraction of sp³-hybridized carbons (Fsp3) is 0.267. The number of anilines is 2. The molecule has 3 rings (SSSR count). The lowest BCUT2D eigenvalue weighted by Crippen LogP contribution is -2.47. The van der Waals surface area contributed by atoms with Crippen molar-refractivity contribution in [3.63, 3.8) is 0 Å². The van der Waals surface area contributed by atoms with Gasteiger partial charge in [0.1, 0.15) is 11.5 Å². The number of rotatable bonds is 3. The number of para-hydroxylation sites is 1. The van der Waals surface area contributed by atoms with E-state index in [0.29, 0.717) is 5.69 Å². The highest BCUT2D eigenvalue weighted by atomic mass is 15.3. The Morgan fingerprint density at radius 2 is 1.68 bits per heavy atom. The van der Waals surface area contributed by atoms with Crippen LogP contribution in [0, 0.1) is 0 Å². The Hall–Kier alpha value is -2.83. The number of aromatic nitrogens is 2. The van der Waals surface area contributed by atoms with Gasteiger partial charge in [-0.05, 0) is 12.1 Å². The van der Waals surface area contributed by atoms with Gasteiger partial charge in [0.15, 0.2) is 5.84 Å². The maximum absolute atomic E-state index is 5.69. The van der Waals surface area contributed by atoms with Crippen molar-refractivity contribution >= 4 is 17.3 Å². The predicted octanol–water partition coefficient (Wildman–Crippen LogP) is 0.382. The highest BCUT2D eigenvalue weighted by Crippen LogP contribution is 2.18. The quantitative estimate of drug-likeness (QED) is 0.368. The summed E-state index contributed by atoms with van der Waals surface area (Å²) < 4.78 is 0. The predicted molar refractivity (Wildman–Crippen MR) is 87.8 cm³/mol. The molecule has 0 radical (unpaired) electrons. The first-order chi connectivity index (χ1) is 10.8. The minimum atomic E-state index is 0.192. The van der Waals surface area contributed by atoms with Crippen LogP contribution in [0.1, 0.15) is 5.69 Å². The molecule has 2 heterocycles. The molecule has 114 valence electrons. The number of hydrogen-bond donors (Lipinski definition) is 2. The average Bonchev–Trinajstić information content (AvgIpc) is 2.62. The molecular formula is C15H19N7. The SMILES string of the molecule is N/N=C(\N)c1cncc(N2CCN(c3ccccc3)CC2)n1. The normalized spacial score (nSPS) is 15.9. The van der Waals surface area contributed by atoms with Gasteiger partial charge in [-0.15, -0.1) is 0 Å². The third kappa shape index (κ3) is 2.93. The summed E-state index contributed by atoms with van der Waals surface area (Å²) in [7, 11) is 0. The Morgan fingerprint density at radius 1 is 1.00 bits per heavy atom. The Morgan fingerprint density at radius 3 is 2.36 bits per heavy atom. The number of nitrogens with zero attached hydrogens (tertiary/aromatic N) is 5. The van der Waals surface area contributed by atoms with Gasteiger partial charge in [0.2, 0.25) is 0 Å². The van der Waals surface area contributed by atoms with Crippen molar-refractivity contribution in [3.8, 4) is 0 Å². The van der Waals surface area contributed by atoms with Crippen LogP contribution in [0.5, 0.6) is 0 Å². The van der Waals surface area contributed by atoms with E-state index in [9.17, 15) is 0 Å². The molecule has 0 bridgehead atoms. The molecule has 0 saturated carbocycles. The van der Waals surface area contributed by atoms with Crippen LogP contribution in [-0.2, 0) is 0 Å². The molecule has 0 amide bonds. The van der Waals surface area contributed by atoms with Crippen molar-refractivity contribution in [2.45, 2.75) is 0 Å². The molecule has 1 aromatic carbocycles. The first-order valence-corrected chi connectivity index (χ1v) is 7.18. The minimum absolute atomic E-state index is 0.192. The summed E-state index contributed by atoms with van der Waals surface area (Å²) in [6, 6.07) is 10.4. The second kappa shape index (κ2) is 6.30. The molecule has 4 N–H and O–H groups in total. The standard InChI is InChI=1S/C15H19N7/c16-15(20-17)13-10-18-11-14(19-13)22-8-6-21(7-9-22)12-4-2-1-3-5-12/h1-5,10-11H,6-9,17H2,(H2,16,20). The smallest absolute Gasteiger partial charge is 0.170 e. The van der Waals surface area contributed by atoms with Gasteiger partial charge in [0.05, 0.1) is 12.4 Å². The maximum atomic E-state index is 5.69. The van der Waals surface area contributed by atoms with Gasteiger partial charge in [-0.1, -0.05) is 18.2 Å². The maximum Gasteiger partial charge on any atom is 0.170 e. The molecule has 1 saturated heterocycles. The fourth-order valence-corrected chi connectivity index (χ4v) is 2.53. The van der Waals surface area contributed by atoms with Gasteiger partial charge in [0.25, 0.3) is 0 Å².